The molecule has 0 fully saturated rings. The molecule has 3 rings (SSSR count). The van der Waals surface area contributed by atoms with Crippen molar-refractivity contribution in [1.82, 2.24) is 10.2 Å². The maximum Gasteiger partial charge on any atom is 0.313 e. The molecule has 6 heteroatoms. The lowest BCUT2D eigenvalue weighted by Gasteiger charge is -2.08. The average Bonchev–Trinajstić information content (AvgIpc) is 2.98. The van der Waals surface area contributed by atoms with Gasteiger partial charge in [0, 0.05) is 6.08 Å². The van der Waals surface area contributed by atoms with E-state index in [0.29, 0.717) is 12.5 Å². The molecule has 0 aliphatic carbocycles. The minimum Gasteiger partial charge on any atom is -0.488 e. The van der Waals surface area contributed by atoms with Gasteiger partial charge in [-0.3, -0.25) is 0 Å². The van der Waals surface area contributed by atoms with E-state index < -0.39 is 0 Å². The van der Waals surface area contributed by atoms with Crippen LogP contribution in [-0.2, 0) is 6.61 Å². The van der Waals surface area contributed by atoms with E-state index in [-0.39, 0.29) is 6.01 Å². The van der Waals surface area contributed by atoms with E-state index >= 15 is 0 Å². The number of nitrogens with zero attached hydrogens (tertiary/aromatic N) is 2. The van der Waals surface area contributed by atoms with Gasteiger partial charge in [-0.05, 0) is 45.3 Å². The van der Waals surface area contributed by atoms with Crippen molar-refractivity contribution in [2.24, 2.45) is 0 Å². The SMILES string of the molecule is Nc1nnc(/C=C/c2ccc(OCc3ccccc3)c(Br)c2)o1. The van der Waals surface area contributed by atoms with Gasteiger partial charge in [0.05, 0.1) is 4.47 Å². The van der Waals surface area contributed by atoms with E-state index in [9.17, 15) is 0 Å². The number of aromatic nitrogens is 2. The van der Waals surface area contributed by atoms with E-state index in [1.165, 1.54) is 0 Å². The Morgan fingerprint density at radius 3 is 2.61 bits per heavy atom. The summed E-state index contributed by atoms with van der Waals surface area (Å²) in [6, 6.07) is 15.9. The Morgan fingerprint density at radius 1 is 1.09 bits per heavy atom. The van der Waals surface area contributed by atoms with Crippen LogP contribution in [-0.4, -0.2) is 10.2 Å². The predicted octanol–water partition coefficient (Wildman–Crippen LogP) is 4.16. The molecule has 0 radical (unpaired) electrons. The zero-order valence-electron chi connectivity index (χ0n) is 12.1. The molecule has 2 aromatic carbocycles. The van der Waals surface area contributed by atoms with Gasteiger partial charge in [-0.1, -0.05) is 41.5 Å². The van der Waals surface area contributed by atoms with Gasteiger partial charge < -0.3 is 14.9 Å². The van der Waals surface area contributed by atoms with Crippen LogP contribution in [0.3, 0.4) is 0 Å². The lowest BCUT2D eigenvalue weighted by atomic mass is 10.2. The van der Waals surface area contributed by atoms with Crippen LogP contribution in [0.5, 0.6) is 5.75 Å². The third-order valence-electron chi connectivity index (χ3n) is 3.07. The Labute approximate surface area is 141 Å². The lowest BCUT2D eigenvalue weighted by Crippen LogP contribution is -1.95. The molecule has 2 N–H and O–H groups in total. The monoisotopic (exact) mass is 371 g/mol. The first-order valence-corrected chi connectivity index (χ1v) is 7.73. The van der Waals surface area contributed by atoms with Crippen LogP contribution >= 0.6 is 15.9 Å². The zero-order valence-corrected chi connectivity index (χ0v) is 13.7. The number of nitrogen functional groups attached to an aromatic ring is 1. The fraction of sp³-hybridized carbons (Fsp3) is 0.0588. The van der Waals surface area contributed by atoms with Gasteiger partial charge in [0.15, 0.2) is 0 Å². The van der Waals surface area contributed by atoms with Crippen molar-refractivity contribution in [3.05, 3.63) is 70.0 Å². The molecule has 23 heavy (non-hydrogen) atoms. The van der Waals surface area contributed by atoms with Gasteiger partial charge in [-0.25, -0.2) is 0 Å². The zero-order chi connectivity index (χ0) is 16.1. The van der Waals surface area contributed by atoms with E-state index in [4.69, 9.17) is 14.9 Å². The molecule has 0 bridgehead atoms. The minimum absolute atomic E-state index is 0.0514. The second-order valence-electron chi connectivity index (χ2n) is 4.78. The molecule has 0 atom stereocenters. The van der Waals surface area contributed by atoms with Crippen molar-refractivity contribution in [3.63, 3.8) is 0 Å². The number of ether oxygens (including phenoxy) is 1. The Morgan fingerprint density at radius 2 is 1.91 bits per heavy atom. The summed E-state index contributed by atoms with van der Waals surface area (Å²) in [5.74, 6) is 1.15. The van der Waals surface area contributed by atoms with Gasteiger partial charge in [-0.15, -0.1) is 5.10 Å². The highest BCUT2D eigenvalue weighted by Gasteiger charge is 2.03. The summed E-state index contributed by atoms with van der Waals surface area (Å²) < 4.78 is 11.8. The Balaban J connectivity index is 1.67. The van der Waals surface area contributed by atoms with Crippen molar-refractivity contribution >= 4 is 34.1 Å². The van der Waals surface area contributed by atoms with Crippen molar-refractivity contribution in [2.45, 2.75) is 6.61 Å². The first-order valence-electron chi connectivity index (χ1n) is 6.94. The maximum atomic E-state index is 5.82. The number of hydrogen-bond acceptors (Lipinski definition) is 5. The molecular weight excluding hydrogens is 358 g/mol. The highest BCUT2D eigenvalue weighted by molar-refractivity contribution is 9.10. The average molecular weight is 372 g/mol. The second-order valence-corrected chi connectivity index (χ2v) is 5.63. The van der Waals surface area contributed by atoms with Gasteiger partial charge in [0.25, 0.3) is 0 Å². The van der Waals surface area contributed by atoms with Crippen LogP contribution in [0.1, 0.15) is 17.0 Å². The number of benzene rings is 2. The molecule has 0 saturated heterocycles. The molecule has 0 unspecified atom stereocenters. The molecule has 3 aromatic rings. The molecule has 1 heterocycles. The summed E-state index contributed by atoms with van der Waals surface area (Å²) in [5.41, 5.74) is 7.47. The van der Waals surface area contributed by atoms with Crippen molar-refractivity contribution in [3.8, 4) is 5.75 Å². The van der Waals surface area contributed by atoms with E-state index in [1.807, 2.05) is 54.6 Å². The van der Waals surface area contributed by atoms with Crippen LogP contribution in [0.4, 0.5) is 6.01 Å². The lowest BCUT2D eigenvalue weighted by molar-refractivity contribution is 0.304. The molecule has 5 nitrogen and oxygen atoms in total. The standard InChI is InChI=1S/C17H14BrN3O2/c18-14-10-12(7-9-16-20-21-17(19)23-16)6-8-15(14)22-11-13-4-2-1-3-5-13/h1-10H,11H2,(H2,19,21)/b9-7+. The topological polar surface area (TPSA) is 74.2 Å². The molecule has 116 valence electrons. The molecule has 0 saturated carbocycles. The summed E-state index contributed by atoms with van der Waals surface area (Å²) in [4.78, 5) is 0. The van der Waals surface area contributed by atoms with Crippen LogP contribution in [0.25, 0.3) is 12.2 Å². The summed E-state index contributed by atoms with van der Waals surface area (Å²) in [7, 11) is 0. The van der Waals surface area contributed by atoms with Crippen molar-refractivity contribution < 1.29 is 9.15 Å². The number of halogens is 1. The first-order chi connectivity index (χ1) is 11.2. The highest BCUT2D eigenvalue weighted by Crippen LogP contribution is 2.27. The first kappa shape index (κ1) is 15.3. The van der Waals surface area contributed by atoms with Crippen LogP contribution in [0, 0.1) is 0 Å². The molecule has 1 aromatic heterocycles. The fourth-order valence-electron chi connectivity index (χ4n) is 1.95. The maximum absolute atomic E-state index is 5.82. The van der Waals surface area contributed by atoms with Crippen LogP contribution in [0.2, 0.25) is 0 Å². The normalized spacial score (nSPS) is 11.0. The van der Waals surface area contributed by atoms with Crippen LogP contribution < -0.4 is 10.5 Å². The number of nitrogens with two attached hydrogens (primary N) is 1. The van der Waals surface area contributed by atoms with E-state index in [1.54, 1.807) is 6.08 Å². The minimum atomic E-state index is 0.0514. The molecule has 0 spiro atoms. The Kier molecular flexibility index (Phi) is 4.73. The third-order valence-corrected chi connectivity index (χ3v) is 3.69. The van der Waals surface area contributed by atoms with Gasteiger partial charge in [0.1, 0.15) is 12.4 Å². The molecule has 0 amide bonds. The van der Waals surface area contributed by atoms with Gasteiger partial charge in [0.2, 0.25) is 5.89 Å². The Hall–Kier alpha value is -2.60. The fourth-order valence-corrected chi connectivity index (χ4v) is 2.47. The summed E-state index contributed by atoms with van der Waals surface area (Å²) in [5, 5.41) is 7.36. The highest BCUT2D eigenvalue weighted by atomic mass is 79.9. The number of anilines is 1. The Bertz CT molecular complexity index is 816. The van der Waals surface area contributed by atoms with Gasteiger partial charge in [-0.2, -0.15) is 0 Å². The number of hydrogen-bond donors (Lipinski definition) is 1. The van der Waals surface area contributed by atoms with Crippen LogP contribution in [0.15, 0.2) is 57.4 Å². The van der Waals surface area contributed by atoms with E-state index in [2.05, 4.69) is 26.1 Å². The molecule has 0 aliphatic heterocycles. The summed E-state index contributed by atoms with van der Waals surface area (Å²) in [6.07, 6.45) is 3.56. The predicted molar refractivity (Wildman–Crippen MR) is 92.6 cm³/mol. The summed E-state index contributed by atoms with van der Waals surface area (Å²) in [6.45, 7) is 0.524. The third kappa shape index (κ3) is 4.20. The molecular formula is C17H14BrN3O2. The van der Waals surface area contributed by atoms with E-state index in [0.717, 1.165) is 21.3 Å². The van der Waals surface area contributed by atoms with Crippen molar-refractivity contribution in [1.29, 1.82) is 0 Å². The molecule has 0 aliphatic rings. The van der Waals surface area contributed by atoms with Gasteiger partial charge >= 0.3 is 6.01 Å². The van der Waals surface area contributed by atoms with Crippen molar-refractivity contribution in [2.75, 3.05) is 5.73 Å². The quantitative estimate of drug-likeness (QED) is 0.728. The smallest absolute Gasteiger partial charge is 0.313 e. The summed E-state index contributed by atoms with van der Waals surface area (Å²) >= 11 is 3.52. The largest absolute Gasteiger partial charge is 0.488 e. The second kappa shape index (κ2) is 7.11. The number of rotatable bonds is 5.